The molecule has 3 rings (SSSR count). The molecule has 146 valence electrons. The van der Waals surface area contributed by atoms with Crippen molar-refractivity contribution < 1.29 is 9.53 Å². The Morgan fingerprint density at radius 3 is 2.50 bits per heavy atom. The standard InChI is InChI=1S/C21H23ClN4O2/c1-3-25(4-2)17-11-9-16(10-12-17)23-21(27)19-13-14-26(24-19)15-28-20-8-6-5-7-18(20)22/h5-14H,3-4,15H2,1-2H3,(H,23,27). The summed E-state index contributed by atoms with van der Waals surface area (Å²) < 4.78 is 7.17. The molecular weight excluding hydrogens is 376 g/mol. The number of para-hydroxylation sites is 1. The number of hydrogen-bond acceptors (Lipinski definition) is 4. The van der Waals surface area contributed by atoms with Crippen molar-refractivity contribution in [3.05, 3.63) is 71.5 Å². The number of benzene rings is 2. The topological polar surface area (TPSA) is 59.4 Å². The Hall–Kier alpha value is -2.99. The number of nitrogens with one attached hydrogen (secondary N) is 1. The van der Waals surface area contributed by atoms with Crippen LogP contribution in [0.5, 0.6) is 5.75 Å². The van der Waals surface area contributed by atoms with Crippen molar-refractivity contribution in [1.29, 1.82) is 0 Å². The second kappa shape index (κ2) is 9.28. The average Bonchev–Trinajstić information content (AvgIpc) is 3.19. The smallest absolute Gasteiger partial charge is 0.276 e. The van der Waals surface area contributed by atoms with E-state index >= 15 is 0 Å². The fourth-order valence-electron chi connectivity index (χ4n) is 2.79. The van der Waals surface area contributed by atoms with Crippen LogP contribution in [0.15, 0.2) is 60.8 Å². The third-order valence-electron chi connectivity index (χ3n) is 4.32. The minimum absolute atomic E-state index is 0.162. The maximum absolute atomic E-state index is 12.4. The van der Waals surface area contributed by atoms with E-state index in [9.17, 15) is 4.79 Å². The SMILES string of the molecule is CCN(CC)c1ccc(NC(=O)c2ccn(COc3ccccc3Cl)n2)cc1. The minimum atomic E-state index is -0.271. The van der Waals surface area contributed by atoms with E-state index in [4.69, 9.17) is 16.3 Å². The number of ether oxygens (including phenoxy) is 1. The summed E-state index contributed by atoms with van der Waals surface area (Å²) in [5.74, 6) is 0.297. The fraction of sp³-hybridized carbons (Fsp3) is 0.238. The lowest BCUT2D eigenvalue weighted by Gasteiger charge is -2.21. The lowest BCUT2D eigenvalue weighted by molar-refractivity contribution is 0.102. The molecule has 1 aromatic heterocycles. The summed E-state index contributed by atoms with van der Waals surface area (Å²) in [6, 6.07) is 16.6. The van der Waals surface area contributed by atoms with Gasteiger partial charge in [0.2, 0.25) is 0 Å². The van der Waals surface area contributed by atoms with Crippen molar-refractivity contribution in [2.45, 2.75) is 20.6 Å². The summed E-state index contributed by atoms with van der Waals surface area (Å²) in [6.45, 7) is 6.28. The van der Waals surface area contributed by atoms with Gasteiger partial charge in [0, 0.05) is 30.7 Å². The van der Waals surface area contributed by atoms with Crippen LogP contribution in [0.25, 0.3) is 0 Å². The maximum atomic E-state index is 12.4. The van der Waals surface area contributed by atoms with Gasteiger partial charge in [-0.15, -0.1) is 0 Å². The number of aromatic nitrogens is 2. The van der Waals surface area contributed by atoms with Crippen LogP contribution in [0.2, 0.25) is 5.02 Å². The van der Waals surface area contributed by atoms with Crippen LogP contribution in [-0.2, 0) is 6.73 Å². The molecule has 28 heavy (non-hydrogen) atoms. The van der Waals surface area contributed by atoms with E-state index in [1.807, 2.05) is 36.4 Å². The first-order valence-corrected chi connectivity index (χ1v) is 9.55. The summed E-state index contributed by atoms with van der Waals surface area (Å²) in [5.41, 5.74) is 2.17. The van der Waals surface area contributed by atoms with E-state index in [1.165, 1.54) is 0 Å². The van der Waals surface area contributed by atoms with Crippen LogP contribution < -0.4 is 15.0 Å². The molecule has 0 aliphatic heterocycles. The molecule has 0 saturated heterocycles. The Morgan fingerprint density at radius 1 is 1.11 bits per heavy atom. The van der Waals surface area contributed by atoms with Gasteiger partial charge in [0.1, 0.15) is 5.75 Å². The van der Waals surface area contributed by atoms with Crippen molar-refractivity contribution in [3.8, 4) is 5.75 Å². The second-order valence-corrected chi connectivity index (χ2v) is 6.52. The van der Waals surface area contributed by atoms with Crippen LogP contribution in [0, 0.1) is 0 Å². The highest BCUT2D eigenvalue weighted by atomic mass is 35.5. The van der Waals surface area contributed by atoms with Crippen LogP contribution in [0.4, 0.5) is 11.4 Å². The number of halogens is 1. The summed E-state index contributed by atoms with van der Waals surface area (Å²) in [6.07, 6.45) is 1.69. The number of carbonyl (C=O) groups excluding carboxylic acids is 1. The largest absolute Gasteiger partial charge is 0.470 e. The number of hydrogen-bond donors (Lipinski definition) is 1. The van der Waals surface area contributed by atoms with Crippen molar-refractivity contribution in [1.82, 2.24) is 9.78 Å². The highest BCUT2D eigenvalue weighted by Crippen LogP contribution is 2.23. The van der Waals surface area contributed by atoms with E-state index < -0.39 is 0 Å². The Kier molecular flexibility index (Phi) is 6.55. The summed E-state index contributed by atoms with van der Waals surface area (Å²) in [5, 5.41) is 7.64. The van der Waals surface area contributed by atoms with E-state index in [0.29, 0.717) is 16.5 Å². The number of rotatable bonds is 8. The van der Waals surface area contributed by atoms with Gasteiger partial charge in [-0.2, -0.15) is 5.10 Å². The lowest BCUT2D eigenvalue weighted by Crippen LogP contribution is -2.21. The van der Waals surface area contributed by atoms with Crippen LogP contribution in [-0.4, -0.2) is 28.8 Å². The maximum Gasteiger partial charge on any atom is 0.276 e. The zero-order chi connectivity index (χ0) is 19.9. The Bertz CT molecular complexity index is 920. The molecule has 1 heterocycles. The molecule has 0 bridgehead atoms. The highest BCUT2D eigenvalue weighted by Gasteiger charge is 2.11. The van der Waals surface area contributed by atoms with Gasteiger partial charge in [0.25, 0.3) is 5.91 Å². The Morgan fingerprint density at radius 2 is 1.82 bits per heavy atom. The number of anilines is 2. The quantitative estimate of drug-likeness (QED) is 0.599. The Balaban J connectivity index is 1.59. The molecule has 0 aliphatic carbocycles. The predicted molar refractivity (Wildman–Crippen MR) is 112 cm³/mol. The van der Waals surface area contributed by atoms with E-state index in [2.05, 4.69) is 29.2 Å². The molecule has 6 nitrogen and oxygen atoms in total. The molecule has 1 N–H and O–H groups in total. The molecule has 0 aliphatic rings. The first-order valence-electron chi connectivity index (χ1n) is 9.17. The van der Waals surface area contributed by atoms with Gasteiger partial charge < -0.3 is 15.0 Å². The van der Waals surface area contributed by atoms with E-state index in [0.717, 1.165) is 24.5 Å². The first-order chi connectivity index (χ1) is 13.6. The van der Waals surface area contributed by atoms with Gasteiger partial charge in [-0.1, -0.05) is 23.7 Å². The molecule has 1 amide bonds. The normalized spacial score (nSPS) is 10.5. The molecule has 7 heteroatoms. The van der Waals surface area contributed by atoms with Gasteiger partial charge >= 0.3 is 0 Å². The van der Waals surface area contributed by atoms with Crippen LogP contribution >= 0.6 is 11.6 Å². The van der Waals surface area contributed by atoms with E-state index in [1.54, 1.807) is 29.1 Å². The van der Waals surface area contributed by atoms with Crippen molar-refractivity contribution in [2.75, 3.05) is 23.3 Å². The molecule has 3 aromatic rings. The van der Waals surface area contributed by atoms with Crippen molar-refractivity contribution >= 4 is 28.9 Å². The summed E-state index contributed by atoms with van der Waals surface area (Å²) in [4.78, 5) is 14.7. The van der Waals surface area contributed by atoms with Gasteiger partial charge in [-0.05, 0) is 56.3 Å². The van der Waals surface area contributed by atoms with Crippen molar-refractivity contribution in [3.63, 3.8) is 0 Å². The zero-order valence-corrected chi connectivity index (χ0v) is 16.7. The monoisotopic (exact) mass is 398 g/mol. The number of amides is 1. The van der Waals surface area contributed by atoms with E-state index in [-0.39, 0.29) is 12.6 Å². The average molecular weight is 399 g/mol. The molecule has 0 radical (unpaired) electrons. The molecular formula is C21H23ClN4O2. The van der Waals surface area contributed by atoms with Gasteiger partial charge in [0.15, 0.2) is 12.4 Å². The fourth-order valence-corrected chi connectivity index (χ4v) is 2.98. The molecule has 0 atom stereocenters. The van der Waals surface area contributed by atoms with Gasteiger partial charge in [-0.25, -0.2) is 4.68 Å². The first kappa shape index (κ1) is 19.8. The highest BCUT2D eigenvalue weighted by molar-refractivity contribution is 6.32. The molecule has 0 fully saturated rings. The Labute approximate surface area is 169 Å². The van der Waals surface area contributed by atoms with Crippen LogP contribution in [0.1, 0.15) is 24.3 Å². The molecule has 0 saturated carbocycles. The minimum Gasteiger partial charge on any atom is -0.470 e. The van der Waals surface area contributed by atoms with Gasteiger partial charge in [-0.3, -0.25) is 4.79 Å². The van der Waals surface area contributed by atoms with Gasteiger partial charge in [0.05, 0.1) is 5.02 Å². The molecule has 0 unspecified atom stereocenters. The third-order valence-corrected chi connectivity index (χ3v) is 4.63. The zero-order valence-electron chi connectivity index (χ0n) is 15.9. The predicted octanol–water partition coefficient (Wildman–Crippen LogP) is 4.67. The number of nitrogens with zero attached hydrogens (tertiary/aromatic N) is 3. The molecule has 0 spiro atoms. The van der Waals surface area contributed by atoms with Crippen molar-refractivity contribution in [2.24, 2.45) is 0 Å². The summed E-state index contributed by atoms with van der Waals surface area (Å²) in [7, 11) is 0. The second-order valence-electron chi connectivity index (χ2n) is 6.12. The summed E-state index contributed by atoms with van der Waals surface area (Å²) >= 11 is 6.06. The number of carbonyl (C=O) groups is 1. The third kappa shape index (κ3) is 4.84. The van der Waals surface area contributed by atoms with Crippen LogP contribution in [0.3, 0.4) is 0 Å². The lowest BCUT2D eigenvalue weighted by atomic mass is 10.2. The molecule has 2 aromatic carbocycles.